The molecule has 0 spiro atoms. The van der Waals surface area contributed by atoms with E-state index in [9.17, 15) is 14.4 Å². The summed E-state index contributed by atoms with van der Waals surface area (Å²) >= 11 is 1.47. The summed E-state index contributed by atoms with van der Waals surface area (Å²) in [6.07, 6.45) is 0.840. The molecule has 2 aliphatic rings. The van der Waals surface area contributed by atoms with E-state index < -0.39 is 11.5 Å². The first-order valence-corrected chi connectivity index (χ1v) is 7.62. The molecule has 2 amide bonds. The summed E-state index contributed by atoms with van der Waals surface area (Å²) in [6.45, 7) is 0.867. The van der Waals surface area contributed by atoms with Crippen LogP contribution in [0, 0.1) is 0 Å². The predicted molar refractivity (Wildman–Crippen MR) is 72.2 cm³/mol. The van der Waals surface area contributed by atoms with E-state index in [1.165, 1.54) is 16.7 Å². The first-order valence-electron chi connectivity index (χ1n) is 6.47. The van der Waals surface area contributed by atoms with Crippen molar-refractivity contribution in [3.8, 4) is 0 Å². The Morgan fingerprint density at radius 1 is 1.40 bits per heavy atom. The predicted octanol–water partition coefficient (Wildman–Crippen LogP) is -0.341. The highest BCUT2D eigenvalue weighted by molar-refractivity contribution is 8.00. The van der Waals surface area contributed by atoms with Crippen LogP contribution in [-0.4, -0.2) is 64.7 Å². The fraction of sp³-hybridized carbons (Fsp3) is 0.750. The van der Waals surface area contributed by atoms with Crippen molar-refractivity contribution in [1.82, 2.24) is 10.2 Å². The quantitative estimate of drug-likeness (QED) is 0.721. The van der Waals surface area contributed by atoms with Gasteiger partial charge < -0.3 is 20.1 Å². The van der Waals surface area contributed by atoms with Crippen LogP contribution in [0.3, 0.4) is 0 Å². The van der Waals surface area contributed by atoms with Crippen molar-refractivity contribution in [2.24, 2.45) is 0 Å². The number of ether oxygens (including phenoxy) is 1. The van der Waals surface area contributed by atoms with Gasteiger partial charge in [0.15, 0.2) is 0 Å². The molecule has 2 aliphatic heterocycles. The molecule has 2 N–H and O–H groups in total. The fourth-order valence-electron chi connectivity index (χ4n) is 2.45. The maximum absolute atomic E-state index is 12.1. The third-order valence-electron chi connectivity index (χ3n) is 3.50. The highest BCUT2D eigenvalue weighted by atomic mass is 32.2. The summed E-state index contributed by atoms with van der Waals surface area (Å²) in [5, 5.41) is 11.8. The van der Waals surface area contributed by atoms with Crippen molar-refractivity contribution >= 4 is 29.5 Å². The Kier molecular flexibility index (Phi) is 4.87. The van der Waals surface area contributed by atoms with Gasteiger partial charge in [-0.25, -0.2) is 0 Å². The van der Waals surface area contributed by atoms with E-state index in [4.69, 9.17) is 9.84 Å². The van der Waals surface area contributed by atoms with Gasteiger partial charge in [-0.1, -0.05) is 0 Å². The second-order valence-electron chi connectivity index (χ2n) is 5.08. The lowest BCUT2D eigenvalue weighted by Crippen LogP contribution is -2.55. The summed E-state index contributed by atoms with van der Waals surface area (Å²) in [6, 6.07) is 0. The van der Waals surface area contributed by atoms with Crippen molar-refractivity contribution in [1.29, 1.82) is 0 Å². The third kappa shape index (κ3) is 3.86. The first kappa shape index (κ1) is 15.1. The van der Waals surface area contributed by atoms with Crippen LogP contribution in [0.5, 0.6) is 0 Å². The zero-order valence-corrected chi connectivity index (χ0v) is 11.9. The number of carboxylic acid groups (broad SMARTS) is 1. The van der Waals surface area contributed by atoms with Gasteiger partial charge in [0.25, 0.3) is 0 Å². The molecule has 8 heteroatoms. The number of nitrogens with one attached hydrogen (secondary N) is 1. The van der Waals surface area contributed by atoms with Gasteiger partial charge in [0, 0.05) is 13.2 Å². The molecule has 0 aromatic carbocycles. The lowest BCUT2D eigenvalue weighted by Gasteiger charge is -2.37. The molecule has 20 heavy (non-hydrogen) atoms. The Morgan fingerprint density at radius 2 is 2.10 bits per heavy atom. The number of hydrogen-bond acceptors (Lipinski definition) is 5. The molecule has 0 aliphatic carbocycles. The van der Waals surface area contributed by atoms with Crippen LogP contribution >= 0.6 is 11.8 Å². The molecule has 7 nitrogen and oxygen atoms in total. The van der Waals surface area contributed by atoms with Crippen LogP contribution in [0.4, 0.5) is 0 Å². The van der Waals surface area contributed by atoms with E-state index in [0.717, 1.165) is 0 Å². The minimum Gasteiger partial charge on any atom is -0.481 e. The van der Waals surface area contributed by atoms with E-state index >= 15 is 0 Å². The van der Waals surface area contributed by atoms with Crippen molar-refractivity contribution in [2.45, 2.75) is 24.8 Å². The second kappa shape index (κ2) is 6.45. The zero-order valence-electron chi connectivity index (χ0n) is 11.1. The monoisotopic (exact) mass is 302 g/mol. The third-order valence-corrected chi connectivity index (χ3v) is 4.45. The topological polar surface area (TPSA) is 95.9 Å². The Hall–Kier alpha value is -1.28. The number of nitrogens with zero attached hydrogens (tertiary/aromatic N) is 1. The molecular formula is C12H18N2O5S. The van der Waals surface area contributed by atoms with Gasteiger partial charge >= 0.3 is 5.97 Å². The molecule has 0 atom stereocenters. The largest absolute Gasteiger partial charge is 0.481 e. The summed E-state index contributed by atoms with van der Waals surface area (Å²) in [4.78, 5) is 36.0. The Balaban J connectivity index is 1.94. The van der Waals surface area contributed by atoms with Gasteiger partial charge in [0.2, 0.25) is 11.8 Å². The Morgan fingerprint density at radius 3 is 2.65 bits per heavy atom. The summed E-state index contributed by atoms with van der Waals surface area (Å²) < 4.78 is 5.23. The van der Waals surface area contributed by atoms with E-state index in [0.29, 0.717) is 37.7 Å². The lowest BCUT2D eigenvalue weighted by atomic mass is 9.86. The number of rotatable bonds is 5. The fourth-order valence-corrected chi connectivity index (χ4v) is 3.35. The first-order chi connectivity index (χ1) is 9.51. The average Bonchev–Trinajstić information content (AvgIpc) is 2.74. The van der Waals surface area contributed by atoms with E-state index in [1.54, 1.807) is 0 Å². The molecule has 0 bridgehead atoms. The molecule has 2 rings (SSSR count). The number of carbonyl (C=O) groups excluding carboxylic acids is 2. The van der Waals surface area contributed by atoms with Crippen LogP contribution in [-0.2, 0) is 19.1 Å². The number of carbonyl (C=O) groups is 3. The van der Waals surface area contributed by atoms with Gasteiger partial charge in [-0.15, -0.1) is 11.8 Å². The molecule has 0 radical (unpaired) electrons. The van der Waals surface area contributed by atoms with Crippen LogP contribution in [0.2, 0.25) is 0 Å². The Labute approximate surface area is 121 Å². The normalized spacial score (nSPS) is 21.8. The summed E-state index contributed by atoms with van der Waals surface area (Å²) in [7, 11) is 0. The van der Waals surface area contributed by atoms with Gasteiger partial charge in [0.1, 0.15) is 6.54 Å². The van der Waals surface area contributed by atoms with Gasteiger partial charge in [0.05, 0.1) is 23.6 Å². The maximum atomic E-state index is 12.1. The van der Waals surface area contributed by atoms with E-state index in [-0.39, 0.29) is 24.8 Å². The second-order valence-corrected chi connectivity index (χ2v) is 6.04. The van der Waals surface area contributed by atoms with E-state index in [1.807, 2.05) is 0 Å². The highest BCUT2D eigenvalue weighted by Crippen LogP contribution is 2.25. The zero-order chi connectivity index (χ0) is 14.6. The molecule has 2 fully saturated rings. The number of aliphatic carboxylic acids is 1. The smallest absolute Gasteiger partial charge is 0.305 e. The average molecular weight is 302 g/mol. The van der Waals surface area contributed by atoms with Crippen molar-refractivity contribution < 1.29 is 24.2 Å². The van der Waals surface area contributed by atoms with Gasteiger partial charge in [-0.3, -0.25) is 14.4 Å². The minimum atomic E-state index is -0.944. The van der Waals surface area contributed by atoms with Crippen LogP contribution in [0.15, 0.2) is 0 Å². The minimum absolute atomic E-state index is 0.00589. The number of hydrogen-bond donors (Lipinski definition) is 2. The van der Waals surface area contributed by atoms with Crippen LogP contribution < -0.4 is 5.32 Å². The van der Waals surface area contributed by atoms with Gasteiger partial charge in [-0.2, -0.15) is 0 Å². The van der Waals surface area contributed by atoms with Crippen LogP contribution in [0.25, 0.3) is 0 Å². The van der Waals surface area contributed by atoms with Crippen molar-refractivity contribution in [2.75, 3.05) is 31.4 Å². The SMILES string of the molecule is O=C(O)CC1(NC(=O)CN2CSCC2=O)CCOCC1. The van der Waals surface area contributed by atoms with Gasteiger partial charge in [-0.05, 0) is 12.8 Å². The van der Waals surface area contributed by atoms with Crippen molar-refractivity contribution in [3.63, 3.8) is 0 Å². The Bertz CT molecular complexity index is 409. The summed E-state index contributed by atoms with van der Waals surface area (Å²) in [5.41, 5.74) is -0.753. The molecule has 0 unspecified atom stereocenters. The molecule has 2 saturated heterocycles. The molecule has 0 aromatic rings. The maximum Gasteiger partial charge on any atom is 0.305 e. The highest BCUT2D eigenvalue weighted by Gasteiger charge is 2.37. The molecule has 112 valence electrons. The van der Waals surface area contributed by atoms with Crippen LogP contribution in [0.1, 0.15) is 19.3 Å². The molecule has 2 heterocycles. The summed E-state index contributed by atoms with van der Waals surface area (Å²) in [5.74, 6) is -0.378. The van der Waals surface area contributed by atoms with E-state index in [2.05, 4.69) is 5.32 Å². The molecule has 0 aromatic heterocycles. The van der Waals surface area contributed by atoms with Crippen molar-refractivity contribution in [3.05, 3.63) is 0 Å². The lowest BCUT2D eigenvalue weighted by molar-refractivity contribution is -0.141. The molecule has 0 saturated carbocycles. The molecular weight excluding hydrogens is 284 g/mol. The number of thioether (sulfide) groups is 1. The standard InChI is InChI=1S/C12H18N2O5S/c15-9(6-14-8-20-7-10(14)16)13-12(5-11(17)18)1-3-19-4-2-12/h1-8H2,(H,13,15)(H,17,18). The number of amides is 2. The number of carboxylic acids is 1.